The number of hydrogen-bond acceptors (Lipinski definition) is 4. The molecular weight excluding hydrogens is 334 g/mol. The first-order valence-electron chi connectivity index (χ1n) is 5.79. The number of rotatable bonds is 6. The predicted octanol–water partition coefficient (Wildman–Crippen LogP) is 2.30. The van der Waals surface area contributed by atoms with Crippen molar-refractivity contribution < 1.29 is 30.2 Å². The molecular formula is C11H13F4NO3S2. The van der Waals surface area contributed by atoms with Crippen molar-refractivity contribution in [1.29, 1.82) is 0 Å². The molecule has 1 rings (SSSR count). The van der Waals surface area contributed by atoms with E-state index in [1.165, 1.54) is 0 Å². The van der Waals surface area contributed by atoms with E-state index in [1.54, 1.807) is 6.92 Å². The largest absolute Gasteiger partial charge is 0.501 e. The van der Waals surface area contributed by atoms with Gasteiger partial charge in [-0.25, -0.2) is 12.8 Å². The van der Waals surface area contributed by atoms with E-state index in [0.717, 1.165) is 12.1 Å². The standard InChI is InChI=1S/C11H13F4NO3S2/c1-2-20(17)6-5-16-9-4-3-8(12)7-10(9)21(18,19)11(13,14)15/h3-4,7,16H,2,5-6H2,1H3. The van der Waals surface area contributed by atoms with Crippen LogP contribution in [0, 0.1) is 5.82 Å². The molecule has 1 unspecified atom stereocenters. The minimum absolute atomic E-state index is 0.00641. The Kier molecular flexibility index (Phi) is 5.74. The van der Waals surface area contributed by atoms with Crippen LogP contribution in [0.2, 0.25) is 0 Å². The van der Waals surface area contributed by atoms with Crippen molar-refractivity contribution in [2.45, 2.75) is 17.3 Å². The van der Waals surface area contributed by atoms with Gasteiger partial charge in [-0.15, -0.1) is 0 Å². The maximum Gasteiger partial charge on any atom is 0.501 e. The average molecular weight is 347 g/mol. The molecule has 0 aliphatic heterocycles. The van der Waals surface area contributed by atoms with Gasteiger partial charge in [0.25, 0.3) is 9.84 Å². The summed E-state index contributed by atoms with van der Waals surface area (Å²) >= 11 is 0. The van der Waals surface area contributed by atoms with E-state index in [4.69, 9.17) is 0 Å². The third-order valence-electron chi connectivity index (χ3n) is 2.51. The Hall–Kier alpha value is -1.16. The molecule has 0 fully saturated rings. The molecule has 1 atom stereocenters. The van der Waals surface area contributed by atoms with Gasteiger partial charge in [0.1, 0.15) is 10.7 Å². The molecule has 1 aromatic rings. The van der Waals surface area contributed by atoms with Crippen LogP contribution in [0.1, 0.15) is 6.92 Å². The summed E-state index contributed by atoms with van der Waals surface area (Å²) in [4.78, 5) is -1.18. The molecule has 0 saturated heterocycles. The van der Waals surface area contributed by atoms with Crippen molar-refractivity contribution in [2.24, 2.45) is 0 Å². The van der Waals surface area contributed by atoms with E-state index in [2.05, 4.69) is 5.32 Å². The average Bonchev–Trinajstić information content (AvgIpc) is 2.38. The molecule has 0 bridgehead atoms. The summed E-state index contributed by atoms with van der Waals surface area (Å²) in [6.45, 7) is 1.68. The SMILES string of the molecule is CCS(=O)CCNc1ccc(F)cc1S(=O)(=O)C(F)(F)F. The zero-order valence-electron chi connectivity index (χ0n) is 10.9. The fraction of sp³-hybridized carbons (Fsp3) is 0.455. The summed E-state index contributed by atoms with van der Waals surface area (Å²) in [7, 11) is -6.82. The topological polar surface area (TPSA) is 63.2 Å². The van der Waals surface area contributed by atoms with Crippen LogP contribution in [0.5, 0.6) is 0 Å². The second-order valence-corrected chi connectivity index (χ2v) is 7.72. The number of nitrogens with one attached hydrogen (secondary N) is 1. The Balaban J connectivity index is 3.10. The van der Waals surface area contributed by atoms with Gasteiger partial charge in [0.2, 0.25) is 0 Å². The maximum atomic E-state index is 13.1. The lowest BCUT2D eigenvalue weighted by molar-refractivity contribution is -0.0435. The van der Waals surface area contributed by atoms with E-state index in [-0.39, 0.29) is 18.0 Å². The molecule has 0 spiro atoms. The van der Waals surface area contributed by atoms with Crippen molar-refractivity contribution >= 4 is 26.3 Å². The van der Waals surface area contributed by atoms with Crippen LogP contribution in [0.25, 0.3) is 0 Å². The zero-order valence-corrected chi connectivity index (χ0v) is 12.5. The second-order valence-electron chi connectivity index (χ2n) is 3.95. The zero-order chi connectivity index (χ0) is 16.3. The van der Waals surface area contributed by atoms with Gasteiger partial charge in [-0.05, 0) is 18.2 Å². The molecule has 21 heavy (non-hydrogen) atoms. The summed E-state index contributed by atoms with van der Waals surface area (Å²) in [5.41, 5.74) is -5.90. The smallest absolute Gasteiger partial charge is 0.383 e. The van der Waals surface area contributed by atoms with Gasteiger partial charge < -0.3 is 5.32 Å². The molecule has 0 aliphatic carbocycles. The molecule has 120 valence electrons. The van der Waals surface area contributed by atoms with Crippen molar-refractivity contribution in [1.82, 2.24) is 0 Å². The fourth-order valence-electron chi connectivity index (χ4n) is 1.43. The minimum atomic E-state index is -5.66. The van der Waals surface area contributed by atoms with Gasteiger partial charge in [-0.2, -0.15) is 13.2 Å². The third kappa shape index (κ3) is 4.40. The molecule has 0 aromatic heterocycles. The Morgan fingerprint density at radius 2 is 1.90 bits per heavy atom. The molecule has 0 heterocycles. The quantitative estimate of drug-likeness (QED) is 0.802. The summed E-state index contributed by atoms with van der Waals surface area (Å²) < 4.78 is 84.7. The molecule has 1 N–H and O–H groups in total. The Morgan fingerprint density at radius 3 is 2.43 bits per heavy atom. The van der Waals surface area contributed by atoms with Crippen LogP contribution in [-0.2, 0) is 20.6 Å². The first-order valence-corrected chi connectivity index (χ1v) is 8.76. The van der Waals surface area contributed by atoms with Gasteiger partial charge in [0.05, 0.1) is 5.69 Å². The molecule has 4 nitrogen and oxygen atoms in total. The lowest BCUT2D eigenvalue weighted by atomic mass is 10.3. The van der Waals surface area contributed by atoms with E-state index >= 15 is 0 Å². The minimum Gasteiger partial charge on any atom is -0.383 e. The monoisotopic (exact) mass is 347 g/mol. The normalized spacial score (nSPS) is 14.0. The lowest BCUT2D eigenvalue weighted by Crippen LogP contribution is -2.25. The summed E-state index contributed by atoms with van der Waals surface area (Å²) in [6, 6.07) is 2.05. The number of benzene rings is 1. The number of alkyl halides is 3. The first-order chi connectivity index (χ1) is 9.59. The van der Waals surface area contributed by atoms with Gasteiger partial charge in [-0.3, -0.25) is 4.21 Å². The van der Waals surface area contributed by atoms with Crippen molar-refractivity contribution in [3.63, 3.8) is 0 Å². The highest BCUT2D eigenvalue weighted by atomic mass is 32.2. The molecule has 0 aliphatic rings. The Labute approximate surface area is 121 Å². The van der Waals surface area contributed by atoms with Crippen LogP contribution < -0.4 is 5.32 Å². The number of sulfone groups is 1. The fourth-order valence-corrected chi connectivity index (χ4v) is 3.00. The van der Waals surface area contributed by atoms with Gasteiger partial charge in [0, 0.05) is 28.9 Å². The van der Waals surface area contributed by atoms with Gasteiger partial charge in [-0.1, -0.05) is 6.92 Å². The van der Waals surface area contributed by atoms with E-state index in [0.29, 0.717) is 11.8 Å². The van der Waals surface area contributed by atoms with Crippen molar-refractivity contribution in [3.05, 3.63) is 24.0 Å². The second kappa shape index (κ2) is 6.73. The number of anilines is 1. The highest BCUT2D eigenvalue weighted by Gasteiger charge is 2.48. The highest BCUT2D eigenvalue weighted by molar-refractivity contribution is 7.92. The van der Waals surface area contributed by atoms with Crippen LogP contribution in [0.4, 0.5) is 23.2 Å². The summed E-state index contributed by atoms with van der Waals surface area (Å²) in [5, 5.41) is 2.45. The van der Waals surface area contributed by atoms with Gasteiger partial charge >= 0.3 is 5.51 Å². The molecule has 0 amide bonds. The third-order valence-corrected chi connectivity index (χ3v) is 5.33. The van der Waals surface area contributed by atoms with E-state index < -0.39 is 36.9 Å². The van der Waals surface area contributed by atoms with E-state index in [1.807, 2.05) is 0 Å². The van der Waals surface area contributed by atoms with Crippen LogP contribution >= 0.6 is 0 Å². The summed E-state index contributed by atoms with van der Waals surface area (Å²) in [5.74, 6) is -0.585. The maximum absolute atomic E-state index is 13.1. The first kappa shape index (κ1) is 17.9. The van der Waals surface area contributed by atoms with Crippen LogP contribution in [0.3, 0.4) is 0 Å². The van der Waals surface area contributed by atoms with Crippen LogP contribution in [-0.4, -0.2) is 36.2 Å². The summed E-state index contributed by atoms with van der Waals surface area (Å²) in [6.07, 6.45) is 0. The molecule has 1 aromatic carbocycles. The Morgan fingerprint density at radius 1 is 1.29 bits per heavy atom. The molecule has 0 saturated carbocycles. The highest BCUT2D eigenvalue weighted by Crippen LogP contribution is 2.34. The van der Waals surface area contributed by atoms with Crippen molar-refractivity contribution in [2.75, 3.05) is 23.4 Å². The number of halogens is 4. The molecule has 0 radical (unpaired) electrons. The molecule has 10 heteroatoms. The lowest BCUT2D eigenvalue weighted by Gasteiger charge is -2.14. The van der Waals surface area contributed by atoms with Gasteiger partial charge in [0.15, 0.2) is 0 Å². The van der Waals surface area contributed by atoms with Crippen LogP contribution in [0.15, 0.2) is 23.1 Å². The predicted molar refractivity (Wildman–Crippen MR) is 71.7 cm³/mol. The number of hydrogen-bond donors (Lipinski definition) is 1. The van der Waals surface area contributed by atoms with Crippen molar-refractivity contribution in [3.8, 4) is 0 Å². The Bertz CT molecular complexity index is 629. The van der Waals surface area contributed by atoms with E-state index in [9.17, 15) is 30.2 Å².